The van der Waals surface area contributed by atoms with Crippen molar-refractivity contribution in [2.75, 3.05) is 12.4 Å². The van der Waals surface area contributed by atoms with Crippen molar-refractivity contribution in [3.8, 4) is 0 Å². The third-order valence-electron chi connectivity index (χ3n) is 3.47. The summed E-state index contributed by atoms with van der Waals surface area (Å²) < 4.78 is 4.70. The molecule has 5 nitrogen and oxygen atoms in total. The molecule has 2 atom stereocenters. The molecule has 0 bridgehead atoms. The summed E-state index contributed by atoms with van der Waals surface area (Å²) in [6.45, 7) is 5.72. The Kier molecular flexibility index (Phi) is 5.70. The summed E-state index contributed by atoms with van der Waals surface area (Å²) in [5, 5.41) is 2.73. The third kappa shape index (κ3) is 3.81. The number of ether oxygens (including phenoxy) is 1. The van der Waals surface area contributed by atoms with Crippen molar-refractivity contribution in [2.24, 2.45) is 11.7 Å². The Morgan fingerprint density at radius 3 is 2.60 bits per heavy atom. The van der Waals surface area contributed by atoms with Crippen LogP contribution in [0.2, 0.25) is 0 Å². The third-order valence-corrected chi connectivity index (χ3v) is 3.47. The van der Waals surface area contributed by atoms with Crippen LogP contribution in [0.5, 0.6) is 0 Å². The Morgan fingerprint density at radius 1 is 1.40 bits per heavy atom. The minimum Gasteiger partial charge on any atom is -0.465 e. The van der Waals surface area contributed by atoms with Gasteiger partial charge in [-0.3, -0.25) is 4.79 Å². The number of nitrogens with two attached hydrogens (primary N) is 1. The van der Waals surface area contributed by atoms with Gasteiger partial charge in [-0.25, -0.2) is 4.79 Å². The van der Waals surface area contributed by atoms with Gasteiger partial charge < -0.3 is 15.8 Å². The number of benzene rings is 1. The molecule has 1 amide bonds. The summed E-state index contributed by atoms with van der Waals surface area (Å²) in [4.78, 5) is 23.6. The molecule has 0 saturated carbocycles. The number of aryl methyl sites for hydroxylation is 1. The van der Waals surface area contributed by atoms with Crippen molar-refractivity contribution >= 4 is 17.6 Å². The van der Waals surface area contributed by atoms with E-state index < -0.39 is 12.0 Å². The highest BCUT2D eigenvalue weighted by molar-refractivity contribution is 5.97. The molecule has 0 saturated heterocycles. The molecule has 110 valence electrons. The van der Waals surface area contributed by atoms with Crippen LogP contribution in [0.15, 0.2) is 18.2 Å². The van der Waals surface area contributed by atoms with Gasteiger partial charge in [0.2, 0.25) is 5.91 Å². The molecule has 0 spiro atoms. The first-order valence-corrected chi connectivity index (χ1v) is 6.66. The number of rotatable bonds is 5. The lowest BCUT2D eigenvalue weighted by Gasteiger charge is -2.18. The van der Waals surface area contributed by atoms with E-state index in [0.717, 1.165) is 12.0 Å². The van der Waals surface area contributed by atoms with Gasteiger partial charge in [0.15, 0.2) is 0 Å². The SMILES string of the molecule is CCC(C)C(N)C(=O)Nc1ccc(C)c(C(=O)OC)c1. The highest BCUT2D eigenvalue weighted by Gasteiger charge is 2.20. The number of carbonyl (C=O) groups excluding carboxylic acids is 2. The molecule has 5 heteroatoms. The molecule has 0 fully saturated rings. The van der Waals surface area contributed by atoms with E-state index in [-0.39, 0.29) is 11.8 Å². The smallest absolute Gasteiger partial charge is 0.338 e. The minimum absolute atomic E-state index is 0.0977. The van der Waals surface area contributed by atoms with E-state index in [1.54, 1.807) is 18.2 Å². The predicted octanol–water partition coefficient (Wildman–Crippen LogP) is 2.09. The van der Waals surface area contributed by atoms with Crippen molar-refractivity contribution in [3.63, 3.8) is 0 Å². The molecule has 3 N–H and O–H groups in total. The molecular weight excluding hydrogens is 256 g/mol. The van der Waals surface area contributed by atoms with E-state index in [0.29, 0.717) is 11.3 Å². The maximum Gasteiger partial charge on any atom is 0.338 e. The number of carbonyl (C=O) groups is 2. The monoisotopic (exact) mass is 278 g/mol. The molecule has 0 aliphatic heterocycles. The zero-order valence-corrected chi connectivity index (χ0v) is 12.4. The average molecular weight is 278 g/mol. The zero-order valence-electron chi connectivity index (χ0n) is 12.4. The van der Waals surface area contributed by atoms with Crippen LogP contribution in [0, 0.1) is 12.8 Å². The van der Waals surface area contributed by atoms with Gasteiger partial charge in [-0.2, -0.15) is 0 Å². The van der Waals surface area contributed by atoms with Crippen molar-refractivity contribution < 1.29 is 14.3 Å². The van der Waals surface area contributed by atoms with Crippen molar-refractivity contribution in [3.05, 3.63) is 29.3 Å². The Morgan fingerprint density at radius 2 is 2.05 bits per heavy atom. The van der Waals surface area contributed by atoms with E-state index in [1.807, 2.05) is 20.8 Å². The number of methoxy groups -OCH3 is 1. The molecule has 0 heterocycles. The second-order valence-electron chi connectivity index (χ2n) is 4.92. The fraction of sp³-hybridized carbons (Fsp3) is 0.467. The average Bonchev–Trinajstić information content (AvgIpc) is 2.46. The van der Waals surface area contributed by atoms with Crippen LogP contribution in [0.4, 0.5) is 5.69 Å². The fourth-order valence-corrected chi connectivity index (χ4v) is 1.77. The van der Waals surface area contributed by atoms with Crippen LogP contribution < -0.4 is 11.1 Å². The summed E-state index contributed by atoms with van der Waals surface area (Å²) in [6.07, 6.45) is 0.829. The Labute approximate surface area is 119 Å². The van der Waals surface area contributed by atoms with Crippen LogP contribution in [-0.2, 0) is 9.53 Å². The van der Waals surface area contributed by atoms with E-state index in [1.165, 1.54) is 7.11 Å². The summed E-state index contributed by atoms with van der Waals surface area (Å²) in [7, 11) is 1.33. The highest BCUT2D eigenvalue weighted by atomic mass is 16.5. The number of hydrogen-bond donors (Lipinski definition) is 2. The predicted molar refractivity (Wildman–Crippen MR) is 78.6 cm³/mol. The molecule has 1 aromatic carbocycles. The quantitative estimate of drug-likeness (QED) is 0.808. The number of nitrogens with one attached hydrogen (secondary N) is 1. The lowest BCUT2D eigenvalue weighted by molar-refractivity contribution is -0.118. The molecule has 0 aliphatic carbocycles. The Balaban J connectivity index is 2.88. The van der Waals surface area contributed by atoms with E-state index in [2.05, 4.69) is 5.32 Å². The van der Waals surface area contributed by atoms with Gasteiger partial charge in [0.1, 0.15) is 0 Å². The van der Waals surface area contributed by atoms with Gasteiger partial charge in [0, 0.05) is 5.69 Å². The molecule has 1 rings (SSSR count). The van der Waals surface area contributed by atoms with Gasteiger partial charge >= 0.3 is 5.97 Å². The molecule has 20 heavy (non-hydrogen) atoms. The lowest BCUT2D eigenvalue weighted by Crippen LogP contribution is -2.40. The van der Waals surface area contributed by atoms with Crippen molar-refractivity contribution in [1.82, 2.24) is 0 Å². The minimum atomic E-state index is -0.567. The maximum absolute atomic E-state index is 12.0. The van der Waals surface area contributed by atoms with Gasteiger partial charge in [0.25, 0.3) is 0 Å². The Hall–Kier alpha value is -1.88. The first-order chi connectivity index (χ1) is 9.40. The van der Waals surface area contributed by atoms with Gasteiger partial charge in [0.05, 0.1) is 18.7 Å². The first-order valence-electron chi connectivity index (χ1n) is 6.66. The van der Waals surface area contributed by atoms with E-state index >= 15 is 0 Å². The van der Waals surface area contributed by atoms with Gasteiger partial charge in [-0.1, -0.05) is 26.3 Å². The van der Waals surface area contributed by atoms with Crippen LogP contribution in [0.1, 0.15) is 36.2 Å². The number of hydrogen-bond acceptors (Lipinski definition) is 4. The molecule has 0 radical (unpaired) electrons. The summed E-state index contributed by atoms with van der Waals surface area (Å²) >= 11 is 0. The van der Waals surface area contributed by atoms with Gasteiger partial charge in [-0.15, -0.1) is 0 Å². The second-order valence-corrected chi connectivity index (χ2v) is 4.92. The van der Waals surface area contributed by atoms with Crippen LogP contribution in [0.3, 0.4) is 0 Å². The van der Waals surface area contributed by atoms with Crippen molar-refractivity contribution in [1.29, 1.82) is 0 Å². The Bertz CT molecular complexity index is 500. The first kappa shape index (κ1) is 16.2. The number of amides is 1. The summed E-state index contributed by atoms with van der Waals surface area (Å²) in [5.74, 6) is -0.579. The zero-order chi connectivity index (χ0) is 15.3. The summed E-state index contributed by atoms with van der Waals surface area (Å²) in [5.41, 5.74) is 7.64. The molecule has 0 aromatic heterocycles. The number of anilines is 1. The molecular formula is C15H22N2O3. The van der Waals surface area contributed by atoms with Gasteiger partial charge in [-0.05, 0) is 30.5 Å². The van der Waals surface area contributed by atoms with Crippen molar-refractivity contribution in [2.45, 2.75) is 33.2 Å². The summed E-state index contributed by atoms with van der Waals surface area (Å²) in [6, 6.07) is 4.53. The molecule has 2 unspecified atom stereocenters. The molecule has 1 aromatic rings. The fourth-order valence-electron chi connectivity index (χ4n) is 1.77. The second kappa shape index (κ2) is 7.05. The normalized spacial score (nSPS) is 13.4. The van der Waals surface area contributed by atoms with Crippen LogP contribution in [-0.4, -0.2) is 25.0 Å². The highest BCUT2D eigenvalue weighted by Crippen LogP contribution is 2.17. The number of esters is 1. The van der Waals surface area contributed by atoms with Crippen LogP contribution in [0.25, 0.3) is 0 Å². The lowest BCUT2D eigenvalue weighted by atomic mass is 9.99. The largest absolute Gasteiger partial charge is 0.465 e. The van der Waals surface area contributed by atoms with E-state index in [9.17, 15) is 9.59 Å². The standard InChI is InChI=1S/C15H22N2O3/c1-5-9(2)13(16)14(18)17-11-7-6-10(3)12(8-11)15(19)20-4/h6-9,13H,5,16H2,1-4H3,(H,17,18). The van der Waals surface area contributed by atoms with Crippen LogP contribution >= 0.6 is 0 Å². The molecule has 0 aliphatic rings. The van der Waals surface area contributed by atoms with E-state index in [4.69, 9.17) is 10.5 Å². The topological polar surface area (TPSA) is 81.4 Å². The maximum atomic E-state index is 12.0.